The van der Waals surface area contributed by atoms with Crippen molar-refractivity contribution in [3.05, 3.63) is 257 Å². The van der Waals surface area contributed by atoms with E-state index in [-0.39, 0.29) is 110 Å². The summed E-state index contributed by atoms with van der Waals surface area (Å²) in [5.74, 6) is 1.43. The number of carbonyl (C=O) groups excluding carboxylic acids is 4. The summed E-state index contributed by atoms with van der Waals surface area (Å²) >= 11 is 0. The van der Waals surface area contributed by atoms with Crippen molar-refractivity contribution in [2.45, 2.75) is 107 Å². The Labute approximate surface area is 752 Å². The molecule has 0 aromatic carbocycles. The van der Waals surface area contributed by atoms with Crippen LogP contribution in [0.1, 0.15) is 109 Å². The molecular weight excluding hydrogens is 1750 g/mol. The molecule has 12 N–H and O–H groups in total. The monoisotopic (exact) mass is 1830 g/mol. The maximum atomic E-state index is 14.4. The number of hydrogen-bond acceptors (Lipinski definition) is 30. The summed E-state index contributed by atoms with van der Waals surface area (Å²) < 4.78 is 80.9. The van der Waals surface area contributed by atoms with E-state index >= 15 is 0 Å². The zero-order valence-electron chi connectivity index (χ0n) is 72.1. The van der Waals surface area contributed by atoms with Crippen LogP contribution in [-0.4, -0.2) is 206 Å². The Balaban J connectivity index is 0.000000119. The number of carbonyl (C=O) groups is 4. The zero-order chi connectivity index (χ0) is 93.6. The lowest BCUT2D eigenvalue weighted by Gasteiger charge is -2.12. The Hall–Kier alpha value is -17.3. The number of rotatable bonds is 25. The molecule has 134 heavy (non-hydrogen) atoms. The maximum Gasteiger partial charge on any atom is 0.280 e. The first kappa shape index (κ1) is 87.4. The highest BCUT2D eigenvalue weighted by Gasteiger charge is 2.42. The molecule has 5 aliphatic carbocycles. The Morgan fingerprint density at radius 1 is 0.403 bits per heavy atom. The molecule has 0 saturated heterocycles. The van der Waals surface area contributed by atoms with E-state index in [2.05, 4.69) is 135 Å². The lowest BCUT2D eigenvalue weighted by Crippen LogP contribution is -2.27. The molecule has 6 atom stereocenters. The molecule has 16 aromatic heterocycles. The van der Waals surface area contributed by atoms with E-state index in [1.807, 2.05) is 13.0 Å². The zero-order valence-corrected chi connectivity index (χ0v) is 72.1. The Bertz CT molecular complexity index is 7540. The van der Waals surface area contributed by atoms with Crippen LogP contribution < -0.4 is 86.0 Å². The average Bonchev–Trinajstić information content (AvgIpc) is 1.60. The predicted octanol–water partition coefficient (Wildman–Crippen LogP) is 7.56. The number of alkyl halides is 3. The number of halogens is 5. The summed E-state index contributed by atoms with van der Waals surface area (Å²) in [5.41, 5.74) is 3.76. The summed E-state index contributed by atoms with van der Waals surface area (Å²) in [6.45, 7) is 3.65. The van der Waals surface area contributed by atoms with Gasteiger partial charge in [-0.05, 0) is 99.7 Å². The van der Waals surface area contributed by atoms with Crippen LogP contribution in [0, 0.1) is 25.5 Å². The number of nitrogens with one attached hydrogen (secondary N) is 12. The molecule has 16 aromatic rings. The number of nitrogens with zero attached hydrogens (tertiary/aromatic N) is 23. The van der Waals surface area contributed by atoms with E-state index in [4.69, 9.17) is 0 Å². The minimum absolute atomic E-state index is 0.0803. The standard InChI is InChI=1S/C23H22FN9O2.C21H19F2N9O2.C21H18F2N8O2.C21H23N9O2/c1-25-20-10-18(29-21-13(11-26-33(20)21)22(34)28-17-9-14(17)24)27-16-3-2-8-32(23(16)35)19-7-6-15(30-31-19)12-4-5-12;1-10-3-4-17(30-29-10)31-9-11(22)5-15(21(31)34)26-16-7-18(24-2)32-19(28-16)12(8-25-32)20(33)27-14-6-13(14)23;1-24-18-8-16(29-19-12(9-26-31(18)19)20(32)28-14-7-13(14)23)27-15-6-11(22)10-30(21(15)33)17-4-2-3-5-25-17;1-12-6-16(21(32)29(10-12)14-8-23-28(3)11-14)26-17-7-18(22-2)30-19(27-17)15(9-24-30)20(31)25-13-4-5-13/h2-3,6-8,10-12,14,17,25H,4-5,9H2,1H3,(H,27,29)(H,28,34);3-5,7-9,13-14,24H,6H2,1-2H3,(H,26,28)(H,27,33);2-6,8-10,13-14,24H,7H2,1H3,(H,27,29)(H,28,32);6-11,13,22H,4-5H2,1-3H3,(H,25,31)(H,26,27)/t14-,17+;2*13-,14+;/m111./s1. The largest absolute Gasteiger partial charge is 0.373 e. The number of fused-ring (bicyclic) bond motifs is 4. The van der Waals surface area contributed by atoms with Gasteiger partial charge in [-0.25, -0.2) is 46.9 Å². The van der Waals surface area contributed by atoms with Crippen LogP contribution in [0.15, 0.2) is 184 Å². The number of aryl methyl sites for hydroxylation is 3. The average molecular weight is 1830 g/mol. The van der Waals surface area contributed by atoms with Crippen molar-refractivity contribution >= 4 is 116 Å². The number of pyridine rings is 5. The van der Waals surface area contributed by atoms with Crippen LogP contribution >= 0.6 is 0 Å². The number of aromatic nitrogens is 23. The second-order valence-corrected chi connectivity index (χ2v) is 31.9. The van der Waals surface area contributed by atoms with E-state index in [1.165, 1.54) is 53.7 Å². The minimum atomic E-state index is -1.06. The van der Waals surface area contributed by atoms with Crippen molar-refractivity contribution in [2.24, 2.45) is 7.05 Å². The van der Waals surface area contributed by atoms with E-state index in [9.17, 15) is 60.3 Å². The van der Waals surface area contributed by atoms with Crippen molar-refractivity contribution in [2.75, 3.05) is 70.7 Å². The second-order valence-electron chi connectivity index (χ2n) is 31.9. The summed E-state index contributed by atoms with van der Waals surface area (Å²) in [6, 6.07) is 24.2. The highest BCUT2D eigenvalue weighted by molar-refractivity contribution is 6.03. The minimum Gasteiger partial charge on any atom is -0.373 e. The first-order valence-corrected chi connectivity index (χ1v) is 42.1. The van der Waals surface area contributed by atoms with Crippen molar-refractivity contribution < 1.29 is 41.1 Å². The van der Waals surface area contributed by atoms with Gasteiger partial charge in [-0.2, -0.15) is 53.8 Å². The lowest BCUT2D eigenvalue weighted by molar-refractivity contribution is 0.0940. The maximum absolute atomic E-state index is 14.4. The van der Waals surface area contributed by atoms with E-state index in [0.717, 1.165) is 70.6 Å². The van der Waals surface area contributed by atoms with Gasteiger partial charge < -0.3 is 63.8 Å². The van der Waals surface area contributed by atoms with Crippen LogP contribution in [0.3, 0.4) is 0 Å². The van der Waals surface area contributed by atoms with Gasteiger partial charge in [0, 0.05) is 134 Å². The number of hydrogen-bond donors (Lipinski definition) is 12. The molecule has 21 rings (SSSR count). The van der Waals surface area contributed by atoms with Gasteiger partial charge in [0.15, 0.2) is 34.2 Å². The summed E-state index contributed by atoms with van der Waals surface area (Å²) in [4.78, 5) is 125. The Kier molecular flexibility index (Phi) is 23.7. The highest BCUT2D eigenvalue weighted by atomic mass is 19.2. The van der Waals surface area contributed by atoms with Gasteiger partial charge in [0.25, 0.3) is 45.9 Å². The molecular formula is C86H82F5N35O8. The third kappa shape index (κ3) is 18.7. The van der Waals surface area contributed by atoms with Gasteiger partial charge in [-0.3, -0.25) is 61.3 Å². The highest BCUT2D eigenvalue weighted by Crippen LogP contribution is 2.39. The normalized spacial score (nSPS) is 16.6. The van der Waals surface area contributed by atoms with Crippen LogP contribution in [-0.2, 0) is 7.05 Å². The molecule has 5 aliphatic rings. The van der Waals surface area contributed by atoms with Crippen molar-refractivity contribution in [3.63, 3.8) is 0 Å². The Morgan fingerprint density at radius 2 is 0.813 bits per heavy atom. The molecule has 16 heterocycles. The lowest BCUT2D eigenvalue weighted by atomic mass is 10.2. The van der Waals surface area contributed by atoms with Crippen LogP contribution in [0.2, 0.25) is 0 Å². The van der Waals surface area contributed by atoms with Crippen molar-refractivity contribution in [3.8, 4) is 23.1 Å². The quantitative estimate of drug-likeness (QED) is 0.0246. The topological polar surface area (TPSA) is 504 Å². The van der Waals surface area contributed by atoms with Crippen LogP contribution in [0.25, 0.3) is 45.7 Å². The molecule has 5 fully saturated rings. The van der Waals surface area contributed by atoms with Gasteiger partial charge in [0.1, 0.15) is 128 Å². The third-order valence-electron chi connectivity index (χ3n) is 21.8. The molecule has 48 heteroatoms. The summed E-state index contributed by atoms with van der Waals surface area (Å²) in [6.07, 6.45) is 17.8. The van der Waals surface area contributed by atoms with Gasteiger partial charge in [-0.1, -0.05) is 6.07 Å². The summed E-state index contributed by atoms with van der Waals surface area (Å²) in [7, 11) is 8.55. The predicted molar refractivity (Wildman–Crippen MR) is 481 cm³/mol. The molecule has 0 unspecified atom stereocenters. The van der Waals surface area contributed by atoms with E-state index < -0.39 is 77.1 Å². The molecule has 0 spiro atoms. The number of amides is 4. The molecule has 0 bridgehead atoms. The van der Waals surface area contributed by atoms with Crippen molar-refractivity contribution in [1.29, 1.82) is 0 Å². The van der Waals surface area contributed by atoms with Crippen LogP contribution in [0.5, 0.6) is 0 Å². The molecule has 0 radical (unpaired) electrons. The van der Waals surface area contributed by atoms with Gasteiger partial charge in [-0.15, -0.1) is 10.2 Å². The molecule has 5 saturated carbocycles. The van der Waals surface area contributed by atoms with Gasteiger partial charge in [0.05, 0.1) is 72.4 Å². The first-order valence-electron chi connectivity index (χ1n) is 42.1. The van der Waals surface area contributed by atoms with E-state index in [0.29, 0.717) is 81.3 Å². The SMILES string of the molecule is CNc1cc(Nc2cc(C)cn(-c3cnn(C)c3)c2=O)nc2c(C(=O)NC3CC3)cnn12.CNc1cc(Nc2cc(F)cn(-c3ccc(C)nn3)c2=O)nc2c(C(=O)N[C@H]3C[C@H]3F)cnn12.CNc1cc(Nc2cc(F)cn(-c3ccccn3)c2=O)nc2c(C(=O)N[C@H]3C[C@H]3F)cnn12.CNc1cc(Nc2cccn(-c3ccc(C4CC4)nn3)c2=O)nc2c(C(=O)N[C@H]3C[C@H]3F)cnn12. The van der Waals surface area contributed by atoms with E-state index in [1.54, 1.807) is 155 Å². The molecule has 4 amide bonds. The molecule has 0 aliphatic heterocycles. The first-order chi connectivity index (χ1) is 64.7. The summed E-state index contributed by atoms with van der Waals surface area (Å²) in [5, 5.41) is 71.8. The second kappa shape index (κ2) is 36.3. The fraction of sp³-hybridized carbons (Fsp3) is 0.256. The number of anilines is 12. The Morgan fingerprint density at radius 3 is 1.20 bits per heavy atom. The molecule has 684 valence electrons. The fourth-order valence-corrected chi connectivity index (χ4v) is 14.2. The molecule has 43 nitrogen and oxygen atoms in total. The fourth-order valence-electron chi connectivity index (χ4n) is 14.2. The van der Waals surface area contributed by atoms with Gasteiger partial charge in [0.2, 0.25) is 0 Å². The van der Waals surface area contributed by atoms with Crippen molar-refractivity contribution in [1.82, 2.24) is 133 Å². The van der Waals surface area contributed by atoms with Crippen LogP contribution in [0.4, 0.5) is 91.2 Å². The third-order valence-corrected chi connectivity index (χ3v) is 21.8. The smallest absolute Gasteiger partial charge is 0.280 e. The van der Waals surface area contributed by atoms with Gasteiger partial charge >= 0.3 is 0 Å².